The molecule has 1 aromatic heterocycles. The third kappa shape index (κ3) is 3.48. The summed E-state index contributed by atoms with van der Waals surface area (Å²) >= 11 is 7.44. The van der Waals surface area contributed by atoms with Crippen molar-refractivity contribution in [2.24, 2.45) is 0 Å². The number of alkyl halides is 1. The highest BCUT2D eigenvalue weighted by atomic mass is 35.5. The first-order valence-corrected chi connectivity index (χ1v) is 9.10. The van der Waals surface area contributed by atoms with Crippen LogP contribution >= 0.6 is 23.4 Å². The van der Waals surface area contributed by atoms with Crippen LogP contribution in [0.5, 0.6) is 0 Å². The van der Waals surface area contributed by atoms with Crippen LogP contribution in [0, 0.1) is 0 Å². The molecule has 0 bridgehead atoms. The quantitative estimate of drug-likeness (QED) is 0.803. The Bertz CT molecular complexity index is 539. The van der Waals surface area contributed by atoms with Gasteiger partial charge in [-0.15, -0.1) is 11.6 Å². The van der Waals surface area contributed by atoms with E-state index in [1.54, 1.807) is 6.07 Å². The van der Waals surface area contributed by atoms with Crippen molar-refractivity contribution in [2.45, 2.75) is 36.0 Å². The molecule has 1 saturated heterocycles. The van der Waals surface area contributed by atoms with Gasteiger partial charge in [-0.05, 0) is 18.6 Å². The summed E-state index contributed by atoms with van der Waals surface area (Å²) in [4.78, 5) is 0. The molecular weight excluding hydrogens is 306 g/mol. The van der Waals surface area contributed by atoms with E-state index in [9.17, 15) is 8.42 Å². The van der Waals surface area contributed by atoms with Crippen molar-refractivity contribution >= 4 is 33.4 Å². The monoisotopic (exact) mass is 323 g/mol. The van der Waals surface area contributed by atoms with Gasteiger partial charge >= 0.3 is 0 Å². The maximum Gasteiger partial charge on any atom is 0.276 e. The molecule has 0 radical (unpaired) electrons. The average Bonchev–Trinajstić information content (AvgIpc) is 2.75. The largest absolute Gasteiger partial charge is 0.447 e. The minimum atomic E-state index is -3.53. The van der Waals surface area contributed by atoms with Crippen LogP contribution in [0.15, 0.2) is 21.6 Å². The Labute approximate surface area is 123 Å². The van der Waals surface area contributed by atoms with Crippen molar-refractivity contribution < 1.29 is 12.8 Å². The predicted octanol–water partition coefficient (Wildman–Crippen LogP) is 2.92. The molecule has 2 rings (SSSR count). The second-order valence-corrected chi connectivity index (χ2v) is 9.05. The number of hydrogen-bond donors (Lipinski definition) is 0. The van der Waals surface area contributed by atoms with Crippen LogP contribution in [-0.4, -0.2) is 36.3 Å². The summed E-state index contributed by atoms with van der Waals surface area (Å²) < 4.78 is 31.8. The van der Waals surface area contributed by atoms with E-state index in [4.69, 9.17) is 16.0 Å². The van der Waals surface area contributed by atoms with E-state index in [1.807, 2.05) is 11.8 Å². The molecule has 0 unspecified atom stereocenters. The third-order valence-corrected chi connectivity index (χ3v) is 6.57. The van der Waals surface area contributed by atoms with Gasteiger partial charge < -0.3 is 4.42 Å². The first kappa shape index (κ1) is 15.2. The third-order valence-electron chi connectivity index (χ3n) is 3.16. The van der Waals surface area contributed by atoms with Crippen molar-refractivity contribution in [3.05, 3.63) is 17.9 Å². The SMILES string of the molecule is CC1(C)CCN(S(=O)(=O)c2ccc(CCl)o2)CCS1. The van der Waals surface area contributed by atoms with Gasteiger partial charge in [0.2, 0.25) is 5.09 Å². The number of hydrogen-bond acceptors (Lipinski definition) is 4. The van der Waals surface area contributed by atoms with Crippen molar-refractivity contribution in [1.29, 1.82) is 0 Å². The van der Waals surface area contributed by atoms with E-state index in [-0.39, 0.29) is 15.7 Å². The van der Waals surface area contributed by atoms with Gasteiger partial charge in [0.15, 0.2) is 0 Å². The second kappa shape index (κ2) is 5.68. The van der Waals surface area contributed by atoms with Gasteiger partial charge in [-0.2, -0.15) is 16.1 Å². The summed E-state index contributed by atoms with van der Waals surface area (Å²) in [6, 6.07) is 3.09. The minimum absolute atomic E-state index is 0.00661. The van der Waals surface area contributed by atoms with Crippen LogP contribution in [0.2, 0.25) is 0 Å². The maximum atomic E-state index is 12.5. The molecule has 1 fully saturated rings. The van der Waals surface area contributed by atoms with E-state index >= 15 is 0 Å². The predicted molar refractivity (Wildman–Crippen MR) is 78.2 cm³/mol. The number of nitrogens with zero attached hydrogens (tertiary/aromatic N) is 1. The van der Waals surface area contributed by atoms with Gasteiger partial charge in [0.25, 0.3) is 10.0 Å². The lowest BCUT2D eigenvalue weighted by atomic mass is 10.1. The second-order valence-electron chi connectivity index (χ2n) is 5.12. The number of rotatable bonds is 3. The highest BCUT2D eigenvalue weighted by Crippen LogP contribution is 2.32. The Morgan fingerprint density at radius 3 is 2.79 bits per heavy atom. The lowest BCUT2D eigenvalue weighted by molar-refractivity contribution is 0.374. The van der Waals surface area contributed by atoms with Crippen LogP contribution < -0.4 is 0 Å². The molecule has 0 atom stereocenters. The van der Waals surface area contributed by atoms with Crippen molar-refractivity contribution in [2.75, 3.05) is 18.8 Å². The molecular formula is C12H18ClNO3S2. The molecule has 4 nitrogen and oxygen atoms in total. The Hall–Kier alpha value is -0.170. The molecule has 0 saturated carbocycles. The van der Waals surface area contributed by atoms with Crippen LogP contribution in [-0.2, 0) is 15.9 Å². The van der Waals surface area contributed by atoms with Crippen molar-refractivity contribution in [3.8, 4) is 0 Å². The molecule has 0 aliphatic carbocycles. The van der Waals surface area contributed by atoms with E-state index in [2.05, 4.69) is 13.8 Å². The van der Waals surface area contributed by atoms with Gasteiger partial charge in [0, 0.05) is 23.6 Å². The lowest BCUT2D eigenvalue weighted by Gasteiger charge is -2.21. The zero-order valence-electron chi connectivity index (χ0n) is 11.1. The Kier molecular flexibility index (Phi) is 4.55. The van der Waals surface area contributed by atoms with Gasteiger partial charge in [-0.1, -0.05) is 13.8 Å². The first-order chi connectivity index (χ1) is 8.85. The van der Waals surface area contributed by atoms with E-state index in [1.165, 1.54) is 10.4 Å². The summed E-state index contributed by atoms with van der Waals surface area (Å²) in [6.45, 7) is 5.34. The van der Waals surface area contributed by atoms with Crippen molar-refractivity contribution in [1.82, 2.24) is 4.31 Å². The number of sulfonamides is 1. The zero-order chi connectivity index (χ0) is 14.1. The summed E-state index contributed by atoms with van der Waals surface area (Å²) in [5, 5.41) is -0.00661. The van der Waals surface area contributed by atoms with Gasteiger partial charge in [-0.25, -0.2) is 8.42 Å². The fourth-order valence-corrected chi connectivity index (χ4v) is 4.67. The van der Waals surface area contributed by atoms with Crippen LogP contribution in [0.4, 0.5) is 0 Å². The topological polar surface area (TPSA) is 50.5 Å². The smallest absolute Gasteiger partial charge is 0.276 e. The Morgan fingerprint density at radius 1 is 1.42 bits per heavy atom. The molecule has 0 N–H and O–H groups in total. The normalized spacial score (nSPS) is 21.2. The summed E-state index contributed by atoms with van der Waals surface area (Å²) in [7, 11) is -3.53. The molecule has 1 aliphatic rings. The van der Waals surface area contributed by atoms with Crippen LogP contribution in [0.25, 0.3) is 0 Å². The summed E-state index contributed by atoms with van der Waals surface area (Å²) in [6.07, 6.45) is 0.833. The fraction of sp³-hybridized carbons (Fsp3) is 0.667. The van der Waals surface area contributed by atoms with E-state index in [0.29, 0.717) is 18.8 Å². The standard InChI is InChI=1S/C12H18ClNO3S2/c1-12(2)5-6-14(7-8-18-12)19(15,16)11-4-3-10(9-13)17-11/h3-4H,5-9H2,1-2H3. The lowest BCUT2D eigenvalue weighted by Crippen LogP contribution is -2.33. The van der Waals surface area contributed by atoms with Gasteiger partial charge in [0.1, 0.15) is 5.76 Å². The Balaban J connectivity index is 2.20. The zero-order valence-corrected chi connectivity index (χ0v) is 13.4. The maximum absolute atomic E-state index is 12.5. The average molecular weight is 324 g/mol. The highest BCUT2D eigenvalue weighted by Gasteiger charge is 2.32. The number of furan rings is 1. The Morgan fingerprint density at radius 2 is 2.16 bits per heavy atom. The molecule has 108 valence electrons. The van der Waals surface area contributed by atoms with Crippen LogP contribution in [0.3, 0.4) is 0 Å². The fourth-order valence-electron chi connectivity index (χ4n) is 1.94. The molecule has 2 heterocycles. The molecule has 7 heteroatoms. The molecule has 1 aliphatic heterocycles. The molecule has 0 aromatic carbocycles. The van der Waals surface area contributed by atoms with Crippen LogP contribution in [0.1, 0.15) is 26.0 Å². The minimum Gasteiger partial charge on any atom is -0.447 e. The molecule has 0 spiro atoms. The number of thioether (sulfide) groups is 1. The highest BCUT2D eigenvalue weighted by molar-refractivity contribution is 8.00. The summed E-state index contributed by atoms with van der Waals surface area (Å²) in [5.41, 5.74) is 0. The first-order valence-electron chi connectivity index (χ1n) is 6.14. The molecule has 1 aromatic rings. The van der Waals surface area contributed by atoms with Crippen molar-refractivity contribution in [3.63, 3.8) is 0 Å². The van der Waals surface area contributed by atoms with Gasteiger partial charge in [-0.3, -0.25) is 0 Å². The summed E-state index contributed by atoms with van der Waals surface area (Å²) in [5.74, 6) is 1.46. The van der Waals surface area contributed by atoms with Gasteiger partial charge in [0.05, 0.1) is 5.88 Å². The van der Waals surface area contributed by atoms with E-state index in [0.717, 1.165) is 12.2 Å². The molecule has 19 heavy (non-hydrogen) atoms. The number of halogens is 1. The van der Waals surface area contributed by atoms with E-state index < -0.39 is 10.0 Å². The molecule has 0 amide bonds.